The van der Waals surface area contributed by atoms with Gasteiger partial charge in [-0.05, 0) is 6.92 Å². The number of oxime groups is 1. The largest absolute Gasteiger partial charge is 0.431 e. The molecule has 0 aromatic carbocycles. The normalized spacial score (nSPS) is 8.29. The van der Waals surface area contributed by atoms with E-state index in [-0.39, 0.29) is 0 Å². The number of nitrogens with zero attached hydrogens (tertiary/aromatic N) is 1. The summed E-state index contributed by atoms with van der Waals surface area (Å²) >= 11 is 0. The molecule has 0 aromatic rings. The second kappa shape index (κ2) is 17.4. The molecule has 0 unspecified atom stereocenters. The van der Waals surface area contributed by atoms with Crippen molar-refractivity contribution in [3.63, 3.8) is 0 Å². The van der Waals surface area contributed by atoms with E-state index in [4.69, 9.17) is 5.21 Å². The first-order valence-corrected chi connectivity index (χ1v) is 2.67. The fraction of sp³-hybridized carbons (Fsp3) is 0.667. The highest BCUT2D eigenvalue weighted by Gasteiger charge is 1.34. The van der Waals surface area contributed by atoms with Crippen molar-refractivity contribution in [1.29, 1.82) is 0 Å². The van der Waals surface area contributed by atoms with Gasteiger partial charge in [0, 0.05) is 13.3 Å². The molecule has 7 heavy (non-hydrogen) atoms. The van der Waals surface area contributed by atoms with Gasteiger partial charge in [-0.1, -0.05) is 0 Å². The van der Waals surface area contributed by atoms with Crippen molar-refractivity contribution < 1.29 is 9.63 Å². The predicted molar refractivity (Wildman–Crippen MR) is 32.9 cm³/mol. The molecule has 0 heterocycles. The van der Waals surface area contributed by atoms with Crippen molar-refractivity contribution in [3.05, 3.63) is 0 Å². The van der Waals surface area contributed by atoms with Gasteiger partial charge in [-0.3, -0.25) is 0 Å². The van der Waals surface area contributed by atoms with Gasteiger partial charge in [0.25, 0.3) is 0 Å². The standard InChI is InChI=1S/C2H5NO.CH6OSi/c1-2-3-4;1-2-3/h2,4H,1H3;1,3H3. The van der Waals surface area contributed by atoms with E-state index in [9.17, 15) is 0 Å². The quantitative estimate of drug-likeness (QED) is 0.201. The molecule has 0 rings (SSSR count). The van der Waals surface area contributed by atoms with Gasteiger partial charge in [0.2, 0.25) is 0 Å². The lowest BCUT2D eigenvalue weighted by Crippen LogP contribution is -1.60. The van der Waals surface area contributed by atoms with Gasteiger partial charge >= 0.3 is 0 Å². The Balaban J connectivity index is 0. The summed E-state index contributed by atoms with van der Waals surface area (Å²) in [6.07, 6.45) is 1.31. The number of hydrogen-bond donors (Lipinski definition) is 1. The molecule has 0 amide bonds. The van der Waals surface area contributed by atoms with E-state index in [1.165, 1.54) is 6.21 Å². The highest BCUT2D eigenvalue weighted by Crippen LogP contribution is 1.38. The number of rotatable bonds is 0. The van der Waals surface area contributed by atoms with Crippen LogP contribution in [0.3, 0.4) is 0 Å². The van der Waals surface area contributed by atoms with Crippen molar-refractivity contribution in [3.8, 4) is 0 Å². The lowest BCUT2D eigenvalue weighted by Gasteiger charge is -1.61. The van der Waals surface area contributed by atoms with E-state index >= 15 is 0 Å². The van der Waals surface area contributed by atoms with Crippen LogP contribution < -0.4 is 0 Å². The summed E-state index contributed by atoms with van der Waals surface area (Å²) in [5, 5.41) is 10.1. The van der Waals surface area contributed by atoms with Crippen molar-refractivity contribution in [1.82, 2.24) is 0 Å². The Morgan fingerprint density at radius 2 is 2.00 bits per heavy atom. The lowest BCUT2D eigenvalue weighted by molar-refractivity contribution is 0.321. The first-order valence-electron chi connectivity index (χ1n) is 1.85. The molecule has 0 bridgehead atoms. The van der Waals surface area contributed by atoms with Crippen LogP contribution in [-0.2, 0) is 4.43 Å². The highest BCUT2D eigenvalue weighted by atomic mass is 28.2. The molecule has 0 aliphatic rings. The second-order valence-corrected chi connectivity index (χ2v) is 1.60. The van der Waals surface area contributed by atoms with Gasteiger partial charge in [-0.2, -0.15) is 0 Å². The monoisotopic (exact) mass is 121 g/mol. The van der Waals surface area contributed by atoms with E-state index in [0.717, 1.165) is 10.5 Å². The van der Waals surface area contributed by atoms with Crippen molar-refractivity contribution in [2.24, 2.45) is 5.16 Å². The summed E-state index contributed by atoms with van der Waals surface area (Å²) < 4.78 is 4.39. The fourth-order valence-electron chi connectivity index (χ4n) is 0. The second-order valence-electron chi connectivity index (χ2n) is 0.782. The van der Waals surface area contributed by atoms with Crippen LogP contribution in [0.5, 0.6) is 0 Å². The zero-order valence-electron chi connectivity index (χ0n) is 4.88. The molecule has 0 aromatic heterocycles. The molecule has 0 saturated heterocycles. The van der Waals surface area contributed by atoms with Gasteiger partial charge in [-0.25, -0.2) is 0 Å². The molecule has 0 aliphatic heterocycles. The summed E-state index contributed by atoms with van der Waals surface area (Å²) in [7, 11) is 2.56. The van der Waals surface area contributed by atoms with E-state index in [1.807, 2.05) is 0 Å². The molecule has 1 N–H and O–H groups in total. The van der Waals surface area contributed by atoms with E-state index < -0.39 is 0 Å². The molecule has 3 nitrogen and oxygen atoms in total. The third-order valence-electron chi connectivity index (χ3n) is 0.115. The van der Waals surface area contributed by atoms with E-state index in [2.05, 4.69) is 9.58 Å². The molecule has 0 fully saturated rings. The van der Waals surface area contributed by atoms with Crippen LogP contribution in [0, 0.1) is 0 Å². The first-order chi connectivity index (χ1) is 3.33. The minimum atomic E-state index is 0.869. The molecule has 0 saturated carbocycles. The summed E-state index contributed by atoms with van der Waals surface area (Å²) in [6.45, 7) is 1.64. The third kappa shape index (κ3) is 179. The number of hydrogen-bond acceptors (Lipinski definition) is 3. The van der Waals surface area contributed by atoms with Crippen LogP contribution in [0.15, 0.2) is 5.16 Å². The molecule has 44 valence electrons. The average molecular weight is 121 g/mol. The molecule has 4 heteroatoms. The zero-order valence-corrected chi connectivity index (χ0v) is 6.88. The molecular formula is C3H11NO2Si. The van der Waals surface area contributed by atoms with Gasteiger partial charge in [0.05, 0.1) is 0 Å². The summed E-state index contributed by atoms with van der Waals surface area (Å²) in [5.41, 5.74) is 0. The van der Waals surface area contributed by atoms with E-state index in [0.29, 0.717) is 0 Å². The van der Waals surface area contributed by atoms with Crippen molar-refractivity contribution in [2.75, 3.05) is 7.11 Å². The summed E-state index contributed by atoms with van der Waals surface area (Å²) in [6, 6.07) is 0. The van der Waals surface area contributed by atoms with Crippen molar-refractivity contribution >= 4 is 16.7 Å². The van der Waals surface area contributed by atoms with Crippen molar-refractivity contribution in [2.45, 2.75) is 6.92 Å². The molecule has 0 aliphatic carbocycles. The maximum atomic E-state index is 7.44. The Hall–Kier alpha value is -0.353. The topological polar surface area (TPSA) is 41.8 Å². The minimum Gasteiger partial charge on any atom is -0.431 e. The Labute approximate surface area is 46.5 Å². The maximum Gasteiger partial charge on any atom is 0.145 e. The molecule has 0 spiro atoms. The van der Waals surface area contributed by atoms with Crippen LogP contribution in [0.4, 0.5) is 0 Å². The SMILES string of the molecule is CC=NO.CO[SiH3]. The summed E-state index contributed by atoms with van der Waals surface area (Å²) in [4.78, 5) is 0. The van der Waals surface area contributed by atoms with Crippen LogP contribution in [0.25, 0.3) is 0 Å². The molecule has 0 radical (unpaired) electrons. The van der Waals surface area contributed by atoms with Gasteiger partial charge < -0.3 is 9.63 Å². The minimum absolute atomic E-state index is 0.869. The first kappa shape index (κ1) is 9.82. The Morgan fingerprint density at radius 3 is 2.00 bits per heavy atom. The predicted octanol–water partition coefficient (Wildman–Crippen LogP) is -0.620. The highest BCUT2D eigenvalue weighted by molar-refractivity contribution is 5.97. The summed E-state index contributed by atoms with van der Waals surface area (Å²) in [5.74, 6) is 0. The zero-order chi connectivity index (χ0) is 6.12. The molecule has 0 atom stereocenters. The van der Waals surface area contributed by atoms with Crippen LogP contribution in [-0.4, -0.2) is 29.0 Å². The Bertz CT molecular complexity index is 35.9. The average Bonchev–Trinajstić information content (AvgIpc) is 1.69. The third-order valence-corrected chi connectivity index (χ3v) is 0.115. The van der Waals surface area contributed by atoms with E-state index in [1.54, 1.807) is 14.0 Å². The molecular weight excluding hydrogens is 110 g/mol. The Morgan fingerprint density at radius 1 is 1.86 bits per heavy atom. The Kier molecular flexibility index (Phi) is 24.4. The van der Waals surface area contributed by atoms with Gasteiger partial charge in [0.15, 0.2) is 0 Å². The van der Waals surface area contributed by atoms with Crippen LogP contribution >= 0.6 is 0 Å². The maximum absolute atomic E-state index is 7.44. The van der Waals surface area contributed by atoms with Crippen LogP contribution in [0.2, 0.25) is 0 Å². The lowest BCUT2D eigenvalue weighted by atomic mass is 10.9. The van der Waals surface area contributed by atoms with Gasteiger partial charge in [-0.15, -0.1) is 5.16 Å². The fourth-order valence-corrected chi connectivity index (χ4v) is 0. The van der Waals surface area contributed by atoms with Gasteiger partial charge in [0.1, 0.15) is 10.5 Å². The van der Waals surface area contributed by atoms with Crippen LogP contribution in [0.1, 0.15) is 6.92 Å². The smallest absolute Gasteiger partial charge is 0.145 e.